The molecule has 5 aromatic rings. The molecule has 27 heavy (non-hydrogen) atoms. The van der Waals surface area contributed by atoms with Crippen molar-refractivity contribution in [2.45, 2.75) is 0 Å². The molecule has 0 saturated carbocycles. The van der Waals surface area contributed by atoms with E-state index < -0.39 is 0 Å². The molecule has 0 amide bonds. The number of aromatic nitrogens is 4. The fraction of sp³-hybridized carbons (Fsp3) is 0. The summed E-state index contributed by atoms with van der Waals surface area (Å²) in [7, 11) is 0. The van der Waals surface area contributed by atoms with E-state index in [1.165, 1.54) is 0 Å². The van der Waals surface area contributed by atoms with Crippen LogP contribution in [0.4, 0.5) is 11.5 Å². The third-order valence-corrected chi connectivity index (χ3v) is 4.36. The van der Waals surface area contributed by atoms with E-state index >= 15 is 0 Å². The van der Waals surface area contributed by atoms with E-state index in [0.717, 1.165) is 38.9 Å². The minimum absolute atomic E-state index is 0. The number of benzene rings is 2. The van der Waals surface area contributed by atoms with Gasteiger partial charge in [0.2, 0.25) is 0 Å². The Morgan fingerprint density at radius 1 is 0.852 bits per heavy atom. The van der Waals surface area contributed by atoms with Crippen LogP contribution in [-0.4, -0.2) is 20.2 Å². The maximum absolute atomic E-state index is 4.81. The molecular weight excluding hydrogens is 373 g/mol. The van der Waals surface area contributed by atoms with Gasteiger partial charge >= 0.3 is 0 Å². The van der Waals surface area contributed by atoms with Crippen molar-refractivity contribution in [3.63, 3.8) is 0 Å². The van der Waals surface area contributed by atoms with Gasteiger partial charge in [-0.05, 0) is 24.3 Å². The molecule has 3 aromatic heterocycles. The van der Waals surface area contributed by atoms with E-state index in [9.17, 15) is 0 Å². The van der Waals surface area contributed by atoms with Crippen LogP contribution in [0.3, 0.4) is 0 Å². The zero-order valence-electron chi connectivity index (χ0n) is 14.3. The Kier molecular flexibility index (Phi) is 4.63. The largest absolute Gasteiger partial charge is 0.336 e. The summed E-state index contributed by atoms with van der Waals surface area (Å²) in [5.74, 6) is 0.705. The van der Waals surface area contributed by atoms with Gasteiger partial charge in [-0.3, -0.25) is 10.1 Å². The number of hydrogen-bond donors (Lipinski definition) is 2. The number of hydrogen-bond acceptors (Lipinski definition) is 4. The maximum atomic E-state index is 4.81. The molecule has 0 bridgehead atoms. The first-order valence-electron chi connectivity index (χ1n) is 8.40. The van der Waals surface area contributed by atoms with Crippen molar-refractivity contribution < 1.29 is 18.6 Å². The number of nitrogens with one attached hydrogen (secondary N) is 2. The van der Waals surface area contributed by atoms with E-state index in [4.69, 9.17) is 4.98 Å². The normalized spacial score (nSPS) is 10.7. The number of pyridine rings is 2. The van der Waals surface area contributed by atoms with Crippen molar-refractivity contribution in [3.8, 4) is 11.3 Å². The fourth-order valence-corrected chi connectivity index (χ4v) is 3.10. The van der Waals surface area contributed by atoms with Crippen LogP contribution in [0.5, 0.6) is 0 Å². The second-order valence-corrected chi connectivity index (χ2v) is 6.04. The molecule has 0 unspecified atom stereocenters. The van der Waals surface area contributed by atoms with Gasteiger partial charge in [0, 0.05) is 35.7 Å². The number of aromatic amines is 1. The van der Waals surface area contributed by atoms with Crippen molar-refractivity contribution in [1.82, 2.24) is 20.2 Å². The summed E-state index contributed by atoms with van der Waals surface area (Å²) in [6.07, 6.45) is 1.77. The summed E-state index contributed by atoms with van der Waals surface area (Å²) < 4.78 is 0. The van der Waals surface area contributed by atoms with Gasteiger partial charge in [-0.15, -0.1) is 0 Å². The van der Waals surface area contributed by atoms with Crippen molar-refractivity contribution >= 4 is 33.4 Å². The number of anilines is 2. The number of nitrogens with zero attached hydrogens (tertiary/aromatic N) is 3. The van der Waals surface area contributed by atoms with Crippen LogP contribution in [0.25, 0.3) is 33.2 Å². The maximum Gasteiger partial charge on any atom is 0.178 e. The Balaban J connectivity index is 0.00000180. The quantitative estimate of drug-likeness (QED) is 0.461. The monoisotopic (exact) mass is 388 g/mol. The first-order chi connectivity index (χ1) is 12.9. The molecule has 0 aliphatic carbocycles. The van der Waals surface area contributed by atoms with Crippen LogP contribution >= 0.6 is 0 Å². The zero-order valence-corrected chi connectivity index (χ0v) is 15.7. The van der Waals surface area contributed by atoms with E-state index in [1.807, 2.05) is 48.5 Å². The topological polar surface area (TPSA) is 66.5 Å². The average Bonchev–Trinajstić information content (AvgIpc) is 3.11. The number of fused-ring (bicyclic) bond motifs is 2. The van der Waals surface area contributed by atoms with Crippen molar-refractivity contribution in [2.75, 3.05) is 5.32 Å². The van der Waals surface area contributed by atoms with Gasteiger partial charge in [0.1, 0.15) is 5.52 Å². The van der Waals surface area contributed by atoms with Gasteiger partial charge in [0.05, 0.1) is 22.4 Å². The Hall–Kier alpha value is -3.15. The summed E-state index contributed by atoms with van der Waals surface area (Å²) in [4.78, 5) is 9.24. The summed E-state index contributed by atoms with van der Waals surface area (Å²) in [5, 5.41) is 11.9. The number of rotatable bonds is 3. The molecule has 0 atom stereocenters. The SMILES string of the molecule is [V].c1ccc(-c2cc(Nc3n[nH]c4cccnc34)c3ccccc3n2)cc1. The van der Waals surface area contributed by atoms with E-state index in [1.54, 1.807) is 6.20 Å². The molecule has 6 heteroatoms. The van der Waals surface area contributed by atoms with Crippen LogP contribution in [0.15, 0.2) is 79.0 Å². The van der Waals surface area contributed by atoms with Crippen LogP contribution in [0.2, 0.25) is 0 Å². The van der Waals surface area contributed by atoms with Gasteiger partial charge in [0.25, 0.3) is 0 Å². The van der Waals surface area contributed by atoms with Crippen molar-refractivity contribution in [2.24, 2.45) is 0 Å². The average molecular weight is 388 g/mol. The van der Waals surface area contributed by atoms with Crippen LogP contribution in [-0.2, 0) is 18.6 Å². The number of para-hydroxylation sites is 1. The number of H-pyrrole nitrogens is 1. The molecule has 3 heterocycles. The second-order valence-electron chi connectivity index (χ2n) is 6.04. The summed E-state index contributed by atoms with van der Waals surface area (Å²) in [6.45, 7) is 0. The van der Waals surface area contributed by atoms with Crippen molar-refractivity contribution in [1.29, 1.82) is 0 Å². The fourth-order valence-electron chi connectivity index (χ4n) is 3.10. The third kappa shape index (κ3) is 3.19. The molecule has 2 N–H and O–H groups in total. The minimum atomic E-state index is 0. The first-order valence-corrected chi connectivity index (χ1v) is 8.40. The predicted molar refractivity (Wildman–Crippen MR) is 104 cm³/mol. The Morgan fingerprint density at radius 2 is 1.67 bits per heavy atom. The molecule has 129 valence electrons. The van der Waals surface area contributed by atoms with E-state index in [2.05, 4.69) is 44.8 Å². The van der Waals surface area contributed by atoms with Crippen LogP contribution in [0, 0.1) is 0 Å². The Labute approximate surface area is 167 Å². The molecule has 0 aliphatic rings. The van der Waals surface area contributed by atoms with Crippen molar-refractivity contribution in [3.05, 3.63) is 79.0 Å². The summed E-state index contributed by atoms with van der Waals surface area (Å²) in [6, 6.07) is 24.2. The first kappa shape index (κ1) is 17.3. The molecule has 0 aliphatic heterocycles. The van der Waals surface area contributed by atoms with E-state index in [0.29, 0.717) is 5.82 Å². The standard InChI is InChI=1S/C21H15N5.V/c1-2-7-14(8-3-1)18-13-19(15-9-4-5-10-16(15)23-18)24-21-20-17(25-26-21)11-6-12-22-20;/h1-13H,(H2,23,24,25,26);. The predicted octanol–water partition coefficient (Wildman–Crippen LogP) is 4.91. The smallest absolute Gasteiger partial charge is 0.178 e. The molecule has 0 spiro atoms. The van der Waals surface area contributed by atoms with E-state index in [-0.39, 0.29) is 18.6 Å². The molecule has 0 saturated heterocycles. The molecule has 2 aromatic carbocycles. The van der Waals surface area contributed by atoms with Gasteiger partial charge in [-0.1, -0.05) is 48.5 Å². The Morgan fingerprint density at radius 3 is 2.56 bits per heavy atom. The Bertz CT molecular complexity index is 1220. The van der Waals surface area contributed by atoms with Crippen LogP contribution in [0.1, 0.15) is 0 Å². The van der Waals surface area contributed by atoms with Gasteiger partial charge in [-0.25, -0.2) is 4.98 Å². The summed E-state index contributed by atoms with van der Waals surface area (Å²) >= 11 is 0. The molecule has 1 radical (unpaired) electrons. The van der Waals surface area contributed by atoms with Gasteiger partial charge < -0.3 is 5.32 Å². The third-order valence-electron chi connectivity index (χ3n) is 4.36. The second kappa shape index (κ2) is 7.23. The van der Waals surface area contributed by atoms with Crippen LogP contribution < -0.4 is 5.32 Å². The van der Waals surface area contributed by atoms with Gasteiger partial charge in [0.15, 0.2) is 5.82 Å². The molecule has 5 nitrogen and oxygen atoms in total. The molecule has 0 fully saturated rings. The molecular formula is C21H15N5V. The zero-order chi connectivity index (χ0) is 17.3. The minimum Gasteiger partial charge on any atom is -0.336 e. The molecule has 5 rings (SSSR count). The summed E-state index contributed by atoms with van der Waals surface area (Å²) in [5.41, 5.74) is 5.59. The van der Waals surface area contributed by atoms with Gasteiger partial charge in [-0.2, -0.15) is 5.10 Å².